The molecule has 7 heteroatoms. The van der Waals surface area contributed by atoms with Gasteiger partial charge in [-0.2, -0.15) is 0 Å². The molecule has 3 aromatic carbocycles. The van der Waals surface area contributed by atoms with E-state index < -0.39 is 0 Å². The van der Waals surface area contributed by atoms with Gasteiger partial charge in [0.05, 0.1) is 35.2 Å². The summed E-state index contributed by atoms with van der Waals surface area (Å²) in [6.45, 7) is 2.44. The zero-order chi connectivity index (χ0) is 23.2. The van der Waals surface area contributed by atoms with Crippen molar-refractivity contribution in [2.75, 3.05) is 12.4 Å². The number of aromatic nitrogens is 2. The highest BCUT2D eigenvalue weighted by Gasteiger charge is 2.14. The molecule has 5 nitrogen and oxygen atoms in total. The monoisotopic (exact) mass is 479 g/mol. The van der Waals surface area contributed by atoms with Crippen LogP contribution in [0.25, 0.3) is 22.2 Å². The average Bonchev–Trinajstić information content (AvgIpc) is 3.16. The van der Waals surface area contributed by atoms with E-state index in [-0.39, 0.29) is 18.6 Å². The van der Waals surface area contributed by atoms with E-state index in [0.29, 0.717) is 23.1 Å². The fraction of sp³-hybridized carbons (Fsp3) is 0.231. The van der Waals surface area contributed by atoms with E-state index >= 15 is 0 Å². The molecule has 2 N–H and O–H groups in total. The Balaban J connectivity index is 1.33. The van der Waals surface area contributed by atoms with Crippen LogP contribution in [0.15, 0.2) is 72.8 Å². The summed E-state index contributed by atoms with van der Waals surface area (Å²) < 4.78 is 1.96. The molecule has 4 aromatic rings. The van der Waals surface area contributed by atoms with Gasteiger partial charge < -0.3 is 15.0 Å². The van der Waals surface area contributed by atoms with Crippen molar-refractivity contribution >= 4 is 40.3 Å². The molecule has 1 aromatic heterocycles. The van der Waals surface area contributed by atoms with Crippen molar-refractivity contribution in [3.05, 3.63) is 89.2 Å². The minimum atomic E-state index is -0.0796. The zero-order valence-corrected chi connectivity index (χ0v) is 19.9. The Morgan fingerprint density at radius 1 is 1.09 bits per heavy atom. The molecule has 0 bridgehead atoms. The molecule has 0 aliphatic carbocycles. The van der Waals surface area contributed by atoms with Gasteiger partial charge in [-0.05, 0) is 41.8 Å². The largest absolute Gasteiger partial charge is 0.395 e. The summed E-state index contributed by atoms with van der Waals surface area (Å²) in [5.74, 6) is 1.70. The minimum absolute atomic E-state index is 0.0106. The number of thioether (sulfide) groups is 1. The molecule has 170 valence electrons. The molecule has 0 spiro atoms. The summed E-state index contributed by atoms with van der Waals surface area (Å²) in [7, 11) is 0. The molecule has 0 aliphatic heterocycles. The lowest BCUT2D eigenvalue weighted by Crippen LogP contribution is -2.28. The lowest BCUT2D eigenvalue weighted by atomic mass is 10.0. The van der Waals surface area contributed by atoms with Gasteiger partial charge in [0, 0.05) is 11.6 Å². The predicted octanol–water partition coefficient (Wildman–Crippen LogP) is 5.46. The van der Waals surface area contributed by atoms with E-state index in [1.54, 1.807) is 6.07 Å². The summed E-state index contributed by atoms with van der Waals surface area (Å²) in [5.41, 5.74) is 5.12. The van der Waals surface area contributed by atoms with Gasteiger partial charge in [0.2, 0.25) is 5.91 Å². The third-order valence-corrected chi connectivity index (χ3v) is 6.64. The molecule has 4 rings (SSSR count). The van der Waals surface area contributed by atoms with Crippen molar-refractivity contribution < 1.29 is 9.90 Å². The van der Waals surface area contributed by atoms with Crippen LogP contribution < -0.4 is 5.32 Å². The SMILES string of the molecule is C[C@H](NC(=O)CSCc1nc2ccc(Cl)cc2n1CCO)c1ccc(-c2ccccc2)cc1. The molecule has 1 heterocycles. The van der Waals surface area contributed by atoms with Crippen LogP contribution in [0.3, 0.4) is 0 Å². The maximum absolute atomic E-state index is 12.5. The number of aliphatic hydroxyl groups is 1. The van der Waals surface area contributed by atoms with Gasteiger partial charge in [-0.15, -0.1) is 11.8 Å². The number of fused-ring (bicyclic) bond motifs is 1. The van der Waals surface area contributed by atoms with Gasteiger partial charge in [-0.1, -0.05) is 66.2 Å². The first-order valence-electron chi connectivity index (χ1n) is 10.8. The van der Waals surface area contributed by atoms with Gasteiger partial charge >= 0.3 is 0 Å². The number of carbonyl (C=O) groups excluding carboxylic acids is 1. The molecule has 0 fully saturated rings. The Labute approximate surface area is 202 Å². The van der Waals surface area contributed by atoms with Crippen LogP contribution in [-0.4, -0.2) is 32.9 Å². The van der Waals surface area contributed by atoms with Crippen molar-refractivity contribution in [1.82, 2.24) is 14.9 Å². The van der Waals surface area contributed by atoms with Crippen molar-refractivity contribution in [2.24, 2.45) is 0 Å². The van der Waals surface area contributed by atoms with Crippen molar-refractivity contribution in [3.63, 3.8) is 0 Å². The Hall–Kier alpha value is -2.80. The number of amides is 1. The number of hydrogen-bond donors (Lipinski definition) is 2. The van der Waals surface area contributed by atoms with E-state index in [9.17, 15) is 9.90 Å². The Kier molecular flexibility index (Phi) is 7.70. The predicted molar refractivity (Wildman–Crippen MR) is 136 cm³/mol. The average molecular weight is 480 g/mol. The van der Waals surface area contributed by atoms with Crippen molar-refractivity contribution in [3.8, 4) is 11.1 Å². The number of hydrogen-bond acceptors (Lipinski definition) is 4. The number of rotatable bonds is 9. The second-order valence-electron chi connectivity index (χ2n) is 7.81. The molecule has 0 aliphatic rings. The summed E-state index contributed by atoms with van der Waals surface area (Å²) >= 11 is 7.62. The van der Waals surface area contributed by atoms with E-state index in [4.69, 9.17) is 11.6 Å². The molecular formula is C26H26ClN3O2S. The molecule has 0 unspecified atom stereocenters. The normalized spacial score (nSPS) is 12.1. The highest BCUT2D eigenvalue weighted by Crippen LogP contribution is 2.24. The van der Waals surface area contributed by atoms with Gasteiger partial charge in [0.25, 0.3) is 0 Å². The maximum atomic E-state index is 12.5. The second kappa shape index (κ2) is 10.9. The van der Waals surface area contributed by atoms with Crippen LogP contribution >= 0.6 is 23.4 Å². The molecule has 0 saturated carbocycles. The fourth-order valence-electron chi connectivity index (χ4n) is 3.80. The van der Waals surface area contributed by atoms with Crippen LogP contribution in [0.2, 0.25) is 5.02 Å². The Morgan fingerprint density at radius 3 is 2.55 bits per heavy atom. The fourth-order valence-corrected chi connectivity index (χ4v) is 4.74. The zero-order valence-electron chi connectivity index (χ0n) is 18.4. The quantitative estimate of drug-likeness (QED) is 0.334. The van der Waals surface area contributed by atoms with Gasteiger partial charge in [-0.25, -0.2) is 4.98 Å². The number of halogens is 1. The van der Waals surface area contributed by atoms with E-state index in [0.717, 1.165) is 28.0 Å². The van der Waals surface area contributed by atoms with Crippen LogP contribution in [0.4, 0.5) is 0 Å². The number of imidazole rings is 1. The van der Waals surface area contributed by atoms with Gasteiger partial charge in [0.15, 0.2) is 0 Å². The van der Waals surface area contributed by atoms with E-state index in [1.807, 2.05) is 41.8 Å². The van der Waals surface area contributed by atoms with Crippen molar-refractivity contribution in [1.29, 1.82) is 0 Å². The third-order valence-electron chi connectivity index (χ3n) is 5.47. The number of aliphatic hydroxyl groups excluding tert-OH is 1. The van der Waals surface area contributed by atoms with Crippen LogP contribution in [-0.2, 0) is 17.1 Å². The van der Waals surface area contributed by atoms with Crippen LogP contribution in [0.5, 0.6) is 0 Å². The number of nitrogens with one attached hydrogen (secondary N) is 1. The van der Waals surface area contributed by atoms with E-state index in [2.05, 4.69) is 46.7 Å². The second-order valence-corrected chi connectivity index (χ2v) is 9.23. The van der Waals surface area contributed by atoms with E-state index in [1.165, 1.54) is 17.3 Å². The first kappa shape index (κ1) is 23.4. The minimum Gasteiger partial charge on any atom is -0.395 e. The smallest absolute Gasteiger partial charge is 0.230 e. The lowest BCUT2D eigenvalue weighted by Gasteiger charge is -2.15. The Morgan fingerprint density at radius 2 is 1.82 bits per heavy atom. The number of carbonyl (C=O) groups is 1. The highest BCUT2D eigenvalue weighted by molar-refractivity contribution is 7.99. The molecule has 1 amide bonds. The van der Waals surface area contributed by atoms with Gasteiger partial charge in [-0.3, -0.25) is 4.79 Å². The third kappa shape index (κ3) is 5.77. The van der Waals surface area contributed by atoms with Crippen LogP contribution in [0.1, 0.15) is 24.4 Å². The Bertz CT molecular complexity index is 1230. The van der Waals surface area contributed by atoms with Crippen LogP contribution in [0, 0.1) is 0 Å². The molecule has 1 atom stereocenters. The summed E-state index contributed by atoms with van der Waals surface area (Å²) in [6.07, 6.45) is 0. The first-order chi connectivity index (χ1) is 16.0. The summed E-state index contributed by atoms with van der Waals surface area (Å²) in [4.78, 5) is 17.2. The van der Waals surface area contributed by atoms with Gasteiger partial charge in [0.1, 0.15) is 5.82 Å². The highest BCUT2D eigenvalue weighted by atomic mass is 35.5. The first-order valence-corrected chi connectivity index (χ1v) is 12.4. The van der Waals surface area contributed by atoms with Crippen molar-refractivity contribution in [2.45, 2.75) is 25.3 Å². The topological polar surface area (TPSA) is 67.2 Å². The molecule has 33 heavy (non-hydrogen) atoms. The molecule has 0 radical (unpaired) electrons. The maximum Gasteiger partial charge on any atom is 0.230 e. The molecular weight excluding hydrogens is 454 g/mol. The summed E-state index contributed by atoms with van der Waals surface area (Å²) in [6, 6.07) is 24.0. The standard InChI is InChI=1S/C26H26ClN3O2S/c1-18(19-7-9-21(10-8-19)20-5-3-2-4-6-20)28-26(32)17-33-16-25-29-23-12-11-22(27)15-24(23)30(25)13-14-31/h2-12,15,18,31H,13-14,16-17H2,1H3,(H,28,32)/t18-/m0/s1. The number of benzene rings is 3. The molecule has 0 saturated heterocycles. The summed E-state index contributed by atoms with van der Waals surface area (Å²) in [5, 5.41) is 13.1. The lowest BCUT2D eigenvalue weighted by molar-refractivity contribution is -0.119. The number of nitrogens with zero attached hydrogens (tertiary/aromatic N) is 2.